The number of carbonyl (C=O) groups is 1. The molecule has 0 unspecified atom stereocenters. The number of nitrogen functional groups attached to an aromatic ring is 1. The summed E-state index contributed by atoms with van der Waals surface area (Å²) >= 11 is 0. The van der Waals surface area contributed by atoms with E-state index in [2.05, 4.69) is 0 Å². The molecule has 0 saturated carbocycles. The molecule has 0 aliphatic carbocycles. The molecular weight excluding hydrogens is 182 g/mol. The fourth-order valence-electron chi connectivity index (χ4n) is 1.21. The van der Waals surface area contributed by atoms with Gasteiger partial charge >= 0.3 is 0 Å². The van der Waals surface area contributed by atoms with E-state index in [1.807, 2.05) is 0 Å². The number of rotatable bonds is 1. The van der Waals surface area contributed by atoms with Crippen molar-refractivity contribution in [2.24, 2.45) is 0 Å². The molecule has 1 aliphatic rings. The van der Waals surface area contributed by atoms with Crippen LogP contribution in [0.1, 0.15) is 6.92 Å². The molecule has 1 aliphatic heterocycles. The summed E-state index contributed by atoms with van der Waals surface area (Å²) in [6.07, 6.45) is 3.16. The van der Waals surface area contributed by atoms with Gasteiger partial charge in [0.1, 0.15) is 5.82 Å². The molecule has 0 aromatic carbocycles. The molecule has 0 fully saturated rings. The van der Waals surface area contributed by atoms with E-state index in [-0.39, 0.29) is 17.2 Å². The molecule has 0 saturated heterocycles. The second-order valence-electron chi connectivity index (χ2n) is 3.02. The zero-order chi connectivity index (χ0) is 10.3. The van der Waals surface area contributed by atoms with E-state index in [1.165, 1.54) is 22.5 Å². The predicted molar refractivity (Wildman–Crippen MR) is 51.9 cm³/mol. The lowest BCUT2D eigenvalue weighted by Gasteiger charge is -2.03. The average Bonchev–Trinajstić information content (AvgIpc) is 2.89. The summed E-state index contributed by atoms with van der Waals surface area (Å²) < 4.78 is 1.34. The van der Waals surface area contributed by atoms with Crippen molar-refractivity contribution < 1.29 is 4.79 Å². The highest BCUT2D eigenvalue weighted by atomic mass is 16.2. The number of hydrogen-bond acceptors (Lipinski definition) is 3. The lowest BCUT2D eigenvalue weighted by atomic mass is 10.4. The zero-order valence-electron chi connectivity index (χ0n) is 7.60. The maximum atomic E-state index is 11.5. The van der Waals surface area contributed by atoms with Crippen LogP contribution < -0.4 is 11.3 Å². The van der Waals surface area contributed by atoms with Crippen LogP contribution in [0.4, 0.5) is 5.69 Å². The molecule has 2 heterocycles. The molecule has 5 heteroatoms. The maximum Gasteiger partial charge on any atom is 0.279 e. The summed E-state index contributed by atoms with van der Waals surface area (Å²) in [7, 11) is 0. The highest BCUT2D eigenvalue weighted by Gasteiger charge is 2.27. The van der Waals surface area contributed by atoms with Crippen molar-refractivity contribution in [1.29, 1.82) is 0 Å². The van der Waals surface area contributed by atoms with E-state index in [9.17, 15) is 9.59 Å². The zero-order valence-corrected chi connectivity index (χ0v) is 7.60. The topological polar surface area (TPSA) is 68.1 Å². The van der Waals surface area contributed by atoms with Crippen LogP contribution in [0.15, 0.2) is 29.3 Å². The minimum atomic E-state index is -0.303. The molecule has 0 atom stereocenters. The van der Waals surface area contributed by atoms with Gasteiger partial charge in [-0.1, -0.05) is 0 Å². The van der Waals surface area contributed by atoms with Gasteiger partial charge in [-0.2, -0.15) is 0 Å². The van der Waals surface area contributed by atoms with Crippen molar-refractivity contribution in [1.82, 2.24) is 9.47 Å². The SMILES string of the molecule is CC(=O)N1C=C1n1cccc(N)c1=O. The molecule has 2 N–H and O–H groups in total. The first-order valence-electron chi connectivity index (χ1n) is 4.10. The van der Waals surface area contributed by atoms with Crippen LogP contribution in [-0.2, 0) is 4.79 Å². The Bertz CT molecular complexity index is 487. The fourth-order valence-corrected chi connectivity index (χ4v) is 1.21. The third kappa shape index (κ3) is 1.19. The lowest BCUT2D eigenvalue weighted by molar-refractivity contribution is -0.122. The first-order chi connectivity index (χ1) is 6.61. The highest BCUT2D eigenvalue weighted by Crippen LogP contribution is 2.24. The van der Waals surface area contributed by atoms with Crippen molar-refractivity contribution in [2.75, 3.05) is 5.73 Å². The second kappa shape index (κ2) is 2.73. The number of nitrogens with zero attached hydrogens (tertiary/aromatic N) is 2. The predicted octanol–water partition coefficient (Wildman–Crippen LogP) is 0.0485. The van der Waals surface area contributed by atoms with E-state index in [0.717, 1.165) is 0 Å². The Balaban J connectivity index is 2.37. The summed E-state index contributed by atoms with van der Waals surface area (Å²) in [6, 6.07) is 3.19. The lowest BCUT2D eigenvalue weighted by Crippen LogP contribution is -2.22. The van der Waals surface area contributed by atoms with Gasteiger partial charge in [-0.05, 0) is 12.1 Å². The van der Waals surface area contributed by atoms with Gasteiger partial charge in [0.25, 0.3) is 5.56 Å². The quantitative estimate of drug-likeness (QED) is 0.681. The Hall–Kier alpha value is -2.04. The smallest absolute Gasteiger partial charge is 0.279 e. The van der Waals surface area contributed by atoms with E-state index in [0.29, 0.717) is 5.82 Å². The van der Waals surface area contributed by atoms with Crippen molar-refractivity contribution in [3.63, 3.8) is 0 Å². The van der Waals surface area contributed by atoms with E-state index >= 15 is 0 Å². The molecule has 1 aromatic rings. The van der Waals surface area contributed by atoms with Gasteiger partial charge in [-0.15, -0.1) is 0 Å². The summed E-state index contributed by atoms with van der Waals surface area (Å²) in [6.45, 7) is 1.43. The van der Waals surface area contributed by atoms with Crippen LogP contribution in [0.2, 0.25) is 0 Å². The first kappa shape index (κ1) is 8.55. The van der Waals surface area contributed by atoms with E-state index in [1.54, 1.807) is 18.5 Å². The third-order valence-corrected chi connectivity index (χ3v) is 1.99. The fraction of sp³-hybridized carbons (Fsp3) is 0.111. The minimum absolute atomic E-state index is 0.116. The van der Waals surface area contributed by atoms with Gasteiger partial charge in [-0.3, -0.25) is 19.1 Å². The molecule has 1 aromatic heterocycles. The monoisotopic (exact) mass is 191 g/mol. The average molecular weight is 191 g/mol. The second-order valence-corrected chi connectivity index (χ2v) is 3.02. The Labute approximate surface area is 80.0 Å². The summed E-state index contributed by atoms with van der Waals surface area (Å²) in [5.41, 5.74) is 5.31. The first-order valence-corrected chi connectivity index (χ1v) is 4.10. The molecule has 2 rings (SSSR count). The third-order valence-electron chi connectivity index (χ3n) is 1.99. The number of nitrogens with two attached hydrogens (primary N) is 1. The van der Waals surface area contributed by atoms with Crippen LogP contribution in [0, 0.1) is 0 Å². The molecule has 5 nitrogen and oxygen atoms in total. The van der Waals surface area contributed by atoms with Crippen molar-refractivity contribution >= 4 is 17.4 Å². The number of aromatic nitrogens is 1. The molecule has 1 amide bonds. The Morgan fingerprint density at radius 3 is 2.79 bits per heavy atom. The number of carbonyl (C=O) groups excluding carboxylic acids is 1. The van der Waals surface area contributed by atoms with Crippen LogP contribution in [0.5, 0.6) is 0 Å². The van der Waals surface area contributed by atoms with Crippen LogP contribution in [0.3, 0.4) is 0 Å². The molecule has 0 bridgehead atoms. The Morgan fingerprint density at radius 1 is 1.50 bits per heavy atom. The molecule has 14 heavy (non-hydrogen) atoms. The van der Waals surface area contributed by atoms with Gasteiger partial charge in [-0.25, -0.2) is 0 Å². The van der Waals surface area contributed by atoms with Gasteiger partial charge < -0.3 is 5.73 Å². The van der Waals surface area contributed by atoms with Crippen LogP contribution in [-0.4, -0.2) is 15.4 Å². The summed E-state index contributed by atoms with van der Waals surface area (Å²) in [4.78, 5) is 23.8. The summed E-state index contributed by atoms with van der Waals surface area (Å²) in [5, 5.41) is 0. The van der Waals surface area contributed by atoms with E-state index in [4.69, 9.17) is 5.73 Å². The number of anilines is 1. The van der Waals surface area contributed by atoms with Gasteiger partial charge in [0.2, 0.25) is 5.91 Å². The van der Waals surface area contributed by atoms with Crippen molar-refractivity contribution in [3.8, 4) is 0 Å². The molecule has 0 radical (unpaired) electrons. The minimum Gasteiger partial charge on any atom is -0.394 e. The van der Waals surface area contributed by atoms with Crippen LogP contribution in [0.25, 0.3) is 5.82 Å². The van der Waals surface area contributed by atoms with Crippen molar-refractivity contribution in [2.45, 2.75) is 6.92 Å². The van der Waals surface area contributed by atoms with Gasteiger partial charge in [0, 0.05) is 13.1 Å². The number of hydrogen-bond donors (Lipinski definition) is 1. The van der Waals surface area contributed by atoms with Crippen LogP contribution >= 0.6 is 0 Å². The number of amides is 1. The van der Waals surface area contributed by atoms with E-state index < -0.39 is 0 Å². The molecular formula is C9H9N3O2. The number of pyridine rings is 1. The van der Waals surface area contributed by atoms with Gasteiger partial charge in [0.05, 0.1) is 11.9 Å². The normalized spacial score (nSPS) is 13.8. The van der Waals surface area contributed by atoms with Gasteiger partial charge in [0.15, 0.2) is 0 Å². The highest BCUT2D eigenvalue weighted by molar-refractivity contribution is 5.89. The maximum absolute atomic E-state index is 11.5. The largest absolute Gasteiger partial charge is 0.394 e. The van der Waals surface area contributed by atoms with Crippen molar-refractivity contribution in [3.05, 3.63) is 34.9 Å². The Morgan fingerprint density at radius 2 is 2.21 bits per heavy atom. The summed E-state index contributed by atoms with van der Waals surface area (Å²) in [5.74, 6) is 0.448. The Kier molecular flexibility index (Phi) is 1.67. The molecule has 72 valence electrons. The standard InChI is InChI=1S/C9H9N3O2/c1-6(13)12-5-8(12)11-4-2-3-7(10)9(11)14/h2-5H,10H2,1H3. The molecule has 0 spiro atoms.